The summed E-state index contributed by atoms with van der Waals surface area (Å²) in [4.78, 5) is 16.6. The number of hydrogen-bond acceptors (Lipinski definition) is 4. The summed E-state index contributed by atoms with van der Waals surface area (Å²) < 4.78 is 1.75. The zero-order valence-electron chi connectivity index (χ0n) is 14.7. The highest BCUT2D eigenvalue weighted by Crippen LogP contribution is 2.36. The summed E-state index contributed by atoms with van der Waals surface area (Å²) >= 11 is 1.65. The summed E-state index contributed by atoms with van der Waals surface area (Å²) in [6.07, 6.45) is 2.27. The van der Waals surface area contributed by atoms with E-state index in [1.54, 1.807) is 22.0 Å². The van der Waals surface area contributed by atoms with Crippen molar-refractivity contribution in [1.29, 1.82) is 0 Å². The van der Waals surface area contributed by atoms with Crippen molar-refractivity contribution < 1.29 is 5.11 Å². The van der Waals surface area contributed by atoms with Gasteiger partial charge in [0.25, 0.3) is 5.56 Å². The second kappa shape index (κ2) is 7.11. The van der Waals surface area contributed by atoms with Crippen LogP contribution < -0.4 is 5.56 Å². The van der Waals surface area contributed by atoms with Crippen molar-refractivity contribution in [3.8, 4) is 5.75 Å². The Morgan fingerprint density at radius 2 is 2.08 bits per heavy atom. The number of likely N-dealkylation sites (tertiary alicyclic amines) is 1. The van der Waals surface area contributed by atoms with Gasteiger partial charge in [-0.05, 0) is 63.2 Å². The molecule has 1 saturated heterocycles. The fourth-order valence-electron chi connectivity index (χ4n) is 3.66. The lowest BCUT2D eigenvalue weighted by atomic mass is 9.95. The third-order valence-electron chi connectivity index (χ3n) is 5.11. The molecule has 0 bridgehead atoms. The van der Waals surface area contributed by atoms with E-state index in [2.05, 4.69) is 17.9 Å². The first-order chi connectivity index (χ1) is 11.5. The van der Waals surface area contributed by atoms with Gasteiger partial charge < -0.3 is 9.67 Å². The Labute approximate surface area is 147 Å². The van der Waals surface area contributed by atoms with Crippen LogP contribution in [0.5, 0.6) is 5.75 Å². The number of piperidine rings is 1. The van der Waals surface area contributed by atoms with Gasteiger partial charge in [0.1, 0.15) is 5.75 Å². The molecule has 0 aromatic carbocycles. The Morgan fingerprint density at radius 3 is 2.67 bits per heavy atom. The molecule has 1 unspecified atom stereocenters. The first-order valence-electron chi connectivity index (χ1n) is 8.73. The summed E-state index contributed by atoms with van der Waals surface area (Å²) in [5.74, 6) is 0.850. The van der Waals surface area contributed by atoms with Crippen LogP contribution >= 0.6 is 11.3 Å². The standard InChI is InChI=1S/C19H26N2O2S/c1-4-21-14(3)12-15(22)17(19(21)23)18(16-6-5-11-24-16)20-9-7-13(2)8-10-20/h5-6,11-13,18,22H,4,7-10H2,1-3H3. The normalized spacial score (nSPS) is 18.0. The van der Waals surface area contributed by atoms with Gasteiger partial charge in [-0.25, -0.2) is 0 Å². The molecule has 2 aromatic rings. The van der Waals surface area contributed by atoms with Crippen molar-refractivity contribution in [3.05, 3.63) is 50.1 Å². The highest BCUT2D eigenvalue weighted by Gasteiger charge is 2.31. The maximum atomic E-state index is 13.1. The van der Waals surface area contributed by atoms with Gasteiger partial charge in [0, 0.05) is 17.1 Å². The zero-order valence-corrected chi connectivity index (χ0v) is 15.5. The van der Waals surface area contributed by atoms with Gasteiger partial charge in [-0.2, -0.15) is 0 Å². The number of aromatic hydroxyl groups is 1. The van der Waals surface area contributed by atoms with Crippen LogP contribution in [-0.4, -0.2) is 27.7 Å². The van der Waals surface area contributed by atoms with Crippen molar-refractivity contribution in [3.63, 3.8) is 0 Å². The fourth-order valence-corrected chi connectivity index (χ4v) is 4.52. The molecule has 0 saturated carbocycles. The van der Waals surface area contributed by atoms with Crippen LogP contribution in [0.25, 0.3) is 0 Å². The molecule has 1 fully saturated rings. The van der Waals surface area contributed by atoms with Crippen molar-refractivity contribution in [2.24, 2.45) is 5.92 Å². The van der Waals surface area contributed by atoms with E-state index in [-0.39, 0.29) is 17.4 Å². The lowest BCUT2D eigenvalue weighted by molar-refractivity contribution is 0.156. The molecule has 2 aromatic heterocycles. The Balaban J connectivity index is 2.12. The van der Waals surface area contributed by atoms with Crippen LogP contribution in [0.4, 0.5) is 0 Å². The zero-order chi connectivity index (χ0) is 17.3. The number of aromatic nitrogens is 1. The lowest BCUT2D eigenvalue weighted by Gasteiger charge is -2.36. The molecule has 0 aliphatic carbocycles. The van der Waals surface area contributed by atoms with Gasteiger partial charge in [-0.3, -0.25) is 9.69 Å². The number of hydrogen-bond donors (Lipinski definition) is 1. The Morgan fingerprint density at radius 1 is 1.38 bits per heavy atom. The minimum Gasteiger partial charge on any atom is -0.507 e. The summed E-state index contributed by atoms with van der Waals surface area (Å²) in [5, 5.41) is 12.6. The number of rotatable bonds is 4. The van der Waals surface area contributed by atoms with Crippen LogP contribution in [0.15, 0.2) is 28.4 Å². The molecule has 4 nitrogen and oxygen atoms in total. The molecule has 0 radical (unpaired) electrons. The molecule has 3 heterocycles. The molecular weight excluding hydrogens is 320 g/mol. The predicted octanol–water partition coefficient (Wildman–Crippen LogP) is 3.77. The van der Waals surface area contributed by atoms with Crippen LogP contribution in [0, 0.1) is 12.8 Å². The van der Waals surface area contributed by atoms with E-state index in [4.69, 9.17) is 0 Å². The van der Waals surface area contributed by atoms with E-state index >= 15 is 0 Å². The Bertz CT molecular complexity index is 743. The second-order valence-electron chi connectivity index (χ2n) is 6.77. The van der Waals surface area contributed by atoms with Crippen LogP contribution in [-0.2, 0) is 6.54 Å². The molecule has 1 aliphatic rings. The summed E-state index contributed by atoms with van der Waals surface area (Å²) in [6.45, 7) is 8.66. The van der Waals surface area contributed by atoms with Crippen molar-refractivity contribution in [1.82, 2.24) is 9.47 Å². The number of nitrogens with zero attached hydrogens (tertiary/aromatic N) is 2. The SMILES string of the molecule is CCn1c(C)cc(O)c(C(c2cccs2)N2CCC(C)CC2)c1=O. The van der Waals surface area contributed by atoms with Crippen LogP contribution in [0.3, 0.4) is 0 Å². The molecular formula is C19H26N2O2S. The topological polar surface area (TPSA) is 45.5 Å². The smallest absolute Gasteiger partial charge is 0.259 e. The molecule has 24 heavy (non-hydrogen) atoms. The number of thiophene rings is 1. The molecule has 130 valence electrons. The first kappa shape index (κ1) is 17.2. The maximum Gasteiger partial charge on any atom is 0.259 e. The van der Waals surface area contributed by atoms with Crippen molar-refractivity contribution in [2.45, 2.75) is 46.2 Å². The lowest BCUT2D eigenvalue weighted by Crippen LogP contribution is -2.39. The molecule has 1 N–H and O–H groups in total. The van der Waals surface area contributed by atoms with Gasteiger partial charge in [-0.1, -0.05) is 13.0 Å². The fraction of sp³-hybridized carbons (Fsp3) is 0.526. The average Bonchev–Trinajstić information content (AvgIpc) is 3.06. The molecule has 0 spiro atoms. The molecule has 3 rings (SSSR count). The highest BCUT2D eigenvalue weighted by atomic mass is 32.1. The third-order valence-corrected chi connectivity index (χ3v) is 6.03. The average molecular weight is 346 g/mol. The molecule has 0 amide bonds. The largest absolute Gasteiger partial charge is 0.507 e. The van der Waals surface area contributed by atoms with Crippen molar-refractivity contribution in [2.75, 3.05) is 13.1 Å². The van der Waals surface area contributed by atoms with E-state index < -0.39 is 0 Å². The number of aryl methyl sites for hydroxylation is 1. The van der Waals surface area contributed by atoms with E-state index in [0.717, 1.165) is 42.4 Å². The van der Waals surface area contributed by atoms with Gasteiger partial charge in [0.05, 0.1) is 11.6 Å². The quantitative estimate of drug-likeness (QED) is 0.917. The monoisotopic (exact) mass is 346 g/mol. The molecule has 1 aliphatic heterocycles. The van der Waals surface area contributed by atoms with Crippen molar-refractivity contribution >= 4 is 11.3 Å². The van der Waals surface area contributed by atoms with Gasteiger partial charge in [0.2, 0.25) is 0 Å². The Hall–Kier alpha value is -1.59. The first-order valence-corrected chi connectivity index (χ1v) is 9.61. The van der Waals surface area contributed by atoms with Crippen LogP contribution in [0.1, 0.15) is 48.9 Å². The second-order valence-corrected chi connectivity index (χ2v) is 7.75. The van der Waals surface area contributed by atoms with Gasteiger partial charge in [-0.15, -0.1) is 11.3 Å². The van der Waals surface area contributed by atoms with E-state index in [0.29, 0.717) is 12.1 Å². The van der Waals surface area contributed by atoms with E-state index in [9.17, 15) is 9.90 Å². The van der Waals surface area contributed by atoms with E-state index in [1.807, 2.05) is 25.3 Å². The number of pyridine rings is 1. The summed E-state index contributed by atoms with van der Waals surface area (Å²) in [7, 11) is 0. The Kier molecular flexibility index (Phi) is 5.11. The maximum absolute atomic E-state index is 13.1. The van der Waals surface area contributed by atoms with Crippen LogP contribution in [0.2, 0.25) is 0 Å². The van der Waals surface area contributed by atoms with E-state index in [1.165, 1.54) is 0 Å². The summed E-state index contributed by atoms with van der Waals surface area (Å²) in [6, 6.07) is 5.67. The van der Waals surface area contributed by atoms with Gasteiger partial charge >= 0.3 is 0 Å². The third kappa shape index (κ3) is 3.15. The minimum absolute atomic E-state index is 0.0629. The van der Waals surface area contributed by atoms with Gasteiger partial charge in [0.15, 0.2) is 0 Å². The predicted molar refractivity (Wildman–Crippen MR) is 98.9 cm³/mol. The summed E-state index contributed by atoms with van der Waals surface area (Å²) in [5.41, 5.74) is 1.27. The molecule has 1 atom stereocenters. The minimum atomic E-state index is -0.150. The highest BCUT2D eigenvalue weighted by molar-refractivity contribution is 7.10. The molecule has 5 heteroatoms.